The molecule has 3 rings (SSSR count). The summed E-state index contributed by atoms with van der Waals surface area (Å²) in [6.07, 6.45) is 0. The topological polar surface area (TPSA) is 66.5 Å². The number of para-hydroxylation sites is 2. The van der Waals surface area contributed by atoms with E-state index < -0.39 is 15.9 Å². The average molecular weight is 471 g/mol. The molecule has 1 N–H and O–H groups in total. The molecule has 3 aromatic rings. The van der Waals surface area contributed by atoms with E-state index in [2.05, 4.69) is 5.32 Å². The van der Waals surface area contributed by atoms with Gasteiger partial charge in [-0.15, -0.1) is 0 Å². The second kappa shape index (κ2) is 9.76. The van der Waals surface area contributed by atoms with Gasteiger partial charge < -0.3 is 5.32 Å². The Labute approximate surface area is 195 Å². The molecule has 0 fully saturated rings. The zero-order valence-corrected chi connectivity index (χ0v) is 20.2. The Kier molecular flexibility index (Phi) is 7.26. The van der Waals surface area contributed by atoms with E-state index >= 15 is 0 Å². The van der Waals surface area contributed by atoms with Gasteiger partial charge >= 0.3 is 0 Å². The molecule has 7 heteroatoms. The van der Waals surface area contributed by atoms with Crippen LogP contribution in [0.1, 0.15) is 48.2 Å². The number of benzene rings is 3. The fourth-order valence-electron chi connectivity index (χ4n) is 3.57. The van der Waals surface area contributed by atoms with Gasteiger partial charge in [-0.05, 0) is 61.2 Å². The minimum Gasteiger partial charge on any atom is -0.321 e. The summed E-state index contributed by atoms with van der Waals surface area (Å²) >= 11 is 6.31. The van der Waals surface area contributed by atoms with E-state index in [1.54, 1.807) is 31.2 Å². The first-order valence-electron chi connectivity index (χ1n) is 10.4. The smallest absolute Gasteiger partial charge is 0.264 e. The second-order valence-corrected chi connectivity index (χ2v) is 10.1. The molecule has 0 aliphatic rings. The van der Waals surface area contributed by atoms with Crippen molar-refractivity contribution in [2.45, 2.75) is 38.5 Å². The molecule has 0 heterocycles. The van der Waals surface area contributed by atoms with Gasteiger partial charge in [0.2, 0.25) is 0 Å². The quantitative estimate of drug-likeness (QED) is 0.444. The molecular formula is C25H27ClN2O3S. The number of aryl methyl sites for hydroxylation is 1. The van der Waals surface area contributed by atoms with Gasteiger partial charge in [0.25, 0.3) is 15.9 Å². The highest BCUT2D eigenvalue weighted by molar-refractivity contribution is 7.92. The van der Waals surface area contributed by atoms with Crippen molar-refractivity contribution in [2.24, 2.45) is 0 Å². The zero-order valence-electron chi connectivity index (χ0n) is 18.6. The van der Waals surface area contributed by atoms with Crippen LogP contribution in [0.5, 0.6) is 0 Å². The average Bonchev–Trinajstić information content (AvgIpc) is 2.76. The van der Waals surface area contributed by atoms with Gasteiger partial charge in [-0.2, -0.15) is 0 Å². The molecule has 0 spiro atoms. The Morgan fingerprint density at radius 3 is 2.34 bits per heavy atom. The predicted octanol–water partition coefficient (Wildman–Crippen LogP) is 6.24. The lowest BCUT2D eigenvalue weighted by molar-refractivity contribution is 0.102. The van der Waals surface area contributed by atoms with Gasteiger partial charge in [-0.25, -0.2) is 8.42 Å². The summed E-state index contributed by atoms with van der Waals surface area (Å²) in [6.45, 7) is 8.03. The number of nitrogens with zero attached hydrogens (tertiary/aromatic N) is 1. The van der Waals surface area contributed by atoms with Crippen molar-refractivity contribution < 1.29 is 13.2 Å². The van der Waals surface area contributed by atoms with Crippen molar-refractivity contribution in [3.8, 4) is 0 Å². The highest BCUT2D eigenvalue weighted by Gasteiger charge is 2.26. The van der Waals surface area contributed by atoms with Crippen molar-refractivity contribution in [1.29, 1.82) is 0 Å². The van der Waals surface area contributed by atoms with E-state index in [1.165, 1.54) is 22.5 Å². The van der Waals surface area contributed by atoms with E-state index in [-0.39, 0.29) is 27.9 Å². The maximum Gasteiger partial charge on any atom is 0.264 e. The van der Waals surface area contributed by atoms with Crippen LogP contribution in [-0.4, -0.2) is 20.9 Å². The molecule has 0 saturated carbocycles. The summed E-state index contributed by atoms with van der Waals surface area (Å²) in [5.41, 5.74) is 3.30. The molecular weight excluding hydrogens is 444 g/mol. The summed E-state index contributed by atoms with van der Waals surface area (Å²) in [4.78, 5) is 13.2. The van der Waals surface area contributed by atoms with E-state index in [9.17, 15) is 13.2 Å². The number of rotatable bonds is 7. The van der Waals surface area contributed by atoms with Crippen LogP contribution in [-0.2, 0) is 10.0 Å². The molecule has 0 aliphatic carbocycles. The van der Waals surface area contributed by atoms with E-state index in [4.69, 9.17) is 11.6 Å². The number of carbonyl (C=O) groups excluding carboxylic acids is 1. The number of sulfonamides is 1. The number of hydrogen-bond acceptors (Lipinski definition) is 3. The van der Waals surface area contributed by atoms with Crippen molar-refractivity contribution in [1.82, 2.24) is 0 Å². The van der Waals surface area contributed by atoms with Crippen LogP contribution >= 0.6 is 11.6 Å². The number of nitrogens with one attached hydrogen (secondary N) is 1. The molecule has 0 atom stereocenters. The van der Waals surface area contributed by atoms with Gasteiger partial charge in [0, 0.05) is 12.2 Å². The third-order valence-corrected chi connectivity index (χ3v) is 7.50. The van der Waals surface area contributed by atoms with Crippen LogP contribution in [0.4, 0.5) is 11.4 Å². The molecule has 0 unspecified atom stereocenters. The number of hydrogen-bond donors (Lipinski definition) is 1. The molecule has 0 aromatic heterocycles. The lowest BCUT2D eigenvalue weighted by Crippen LogP contribution is -2.31. The fraction of sp³-hybridized carbons (Fsp3) is 0.240. The first-order valence-corrected chi connectivity index (χ1v) is 12.3. The van der Waals surface area contributed by atoms with Gasteiger partial charge in [0.15, 0.2) is 0 Å². The molecule has 1 amide bonds. The van der Waals surface area contributed by atoms with Crippen LogP contribution in [0.15, 0.2) is 71.6 Å². The van der Waals surface area contributed by atoms with Crippen LogP contribution < -0.4 is 9.62 Å². The first kappa shape index (κ1) is 23.8. The fourth-order valence-corrected chi connectivity index (χ4v) is 5.28. The summed E-state index contributed by atoms with van der Waals surface area (Å²) in [6, 6.07) is 18.9. The minimum absolute atomic E-state index is 0.00613. The standard InChI is InChI=1S/C25H27ClN2O3S/c1-5-28(19-11-7-6-8-12-19)32(30,31)20-14-15-23(26)22(16-20)25(29)27-24-18(4)10-9-13-21(24)17(2)3/h6-17H,5H2,1-4H3,(H,27,29). The third-order valence-electron chi connectivity index (χ3n) is 5.27. The summed E-state index contributed by atoms with van der Waals surface area (Å²) < 4.78 is 28.0. The highest BCUT2D eigenvalue weighted by atomic mass is 35.5. The molecule has 32 heavy (non-hydrogen) atoms. The van der Waals surface area contributed by atoms with Crippen LogP contribution in [0.2, 0.25) is 5.02 Å². The number of amides is 1. The van der Waals surface area contributed by atoms with Crippen molar-refractivity contribution in [3.05, 3.63) is 88.4 Å². The summed E-state index contributed by atoms with van der Waals surface area (Å²) in [5.74, 6) is -0.248. The SMILES string of the molecule is CCN(c1ccccc1)S(=O)(=O)c1ccc(Cl)c(C(=O)Nc2c(C)cccc2C(C)C)c1. The lowest BCUT2D eigenvalue weighted by atomic mass is 9.98. The highest BCUT2D eigenvalue weighted by Crippen LogP contribution is 2.30. The predicted molar refractivity (Wildman–Crippen MR) is 131 cm³/mol. The van der Waals surface area contributed by atoms with E-state index in [0.29, 0.717) is 5.69 Å². The summed E-state index contributed by atoms with van der Waals surface area (Å²) in [5, 5.41) is 3.12. The van der Waals surface area contributed by atoms with Gasteiger partial charge in [-0.3, -0.25) is 9.10 Å². The minimum atomic E-state index is -3.88. The molecule has 3 aromatic carbocycles. The zero-order chi connectivity index (χ0) is 23.5. The van der Waals surface area contributed by atoms with Gasteiger partial charge in [-0.1, -0.05) is 61.8 Å². The third kappa shape index (κ3) is 4.81. The van der Waals surface area contributed by atoms with Gasteiger partial charge in [0.05, 0.1) is 21.2 Å². The first-order chi connectivity index (χ1) is 15.2. The molecule has 0 bridgehead atoms. The van der Waals surface area contributed by atoms with Crippen LogP contribution in [0, 0.1) is 6.92 Å². The second-order valence-electron chi connectivity index (χ2n) is 7.79. The molecule has 168 valence electrons. The Bertz CT molecular complexity index is 1230. The number of carbonyl (C=O) groups is 1. The van der Waals surface area contributed by atoms with Gasteiger partial charge in [0.1, 0.15) is 0 Å². The molecule has 5 nitrogen and oxygen atoms in total. The van der Waals surface area contributed by atoms with E-state index in [1.807, 2.05) is 45.0 Å². The normalized spacial score (nSPS) is 11.4. The molecule has 0 saturated heterocycles. The maximum atomic E-state index is 13.4. The molecule has 0 aliphatic heterocycles. The Morgan fingerprint density at radius 2 is 1.72 bits per heavy atom. The largest absolute Gasteiger partial charge is 0.321 e. The van der Waals surface area contributed by atoms with E-state index in [0.717, 1.165) is 16.8 Å². The van der Waals surface area contributed by atoms with Crippen molar-refractivity contribution >= 4 is 38.9 Å². The lowest BCUT2D eigenvalue weighted by Gasteiger charge is -2.23. The number of anilines is 2. The van der Waals surface area contributed by atoms with Crippen molar-refractivity contribution in [2.75, 3.05) is 16.2 Å². The van der Waals surface area contributed by atoms with Crippen LogP contribution in [0.3, 0.4) is 0 Å². The monoisotopic (exact) mass is 470 g/mol. The Balaban J connectivity index is 2.00. The van der Waals surface area contributed by atoms with Crippen LogP contribution in [0.25, 0.3) is 0 Å². The summed E-state index contributed by atoms with van der Waals surface area (Å²) in [7, 11) is -3.88. The molecule has 0 radical (unpaired) electrons. The maximum absolute atomic E-state index is 13.4. The Hall–Kier alpha value is -2.83. The Morgan fingerprint density at radius 1 is 1.03 bits per heavy atom. The van der Waals surface area contributed by atoms with Crippen molar-refractivity contribution in [3.63, 3.8) is 0 Å². The number of halogens is 1.